The SMILES string of the molecule is O=C1CC(c2ccc3c(c2)OCO3)c2scc(-c3ccccc3)c2N1. The molecule has 0 saturated carbocycles. The van der Waals surface area contributed by atoms with Crippen LogP contribution in [0.25, 0.3) is 11.1 Å². The first kappa shape index (κ1) is 14.5. The van der Waals surface area contributed by atoms with Gasteiger partial charge in [-0.1, -0.05) is 36.4 Å². The molecule has 1 atom stereocenters. The van der Waals surface area contributed by atoms with Crippen LogP contribution in [-0.2, 0) is 4.79 Å². The highest BCUT2D eigenvalue weighted by atomic mass is 32.1. The molecule has 1 aromatic heterocycles. The fraction of sp³-hybridized carbons (Fsp3) is 0.150. The number of rotatable bonds is 2. The number of anilines is 1. The Labute approximate surface area is 149 Å². The minimum absolute atomic E-state index is 0.0423. The molecular weight excluding hydrogens is 334 g/mol. The molecule has 0 aliphatic carbocycles. The molecule has 0 spiro atoms. The number of benzene rings is 2. The number of hydrogen-bond acceptors (Lipinski definition) is 4. The summed E-state index contributed by atoms with van der Waals surface area (Å²) in [4.78, 5) is 13.6. The van der Waals surface area contributed by atoms with Crippen molar-refractivity contribution in [3.8, 4) is 22.6 Å². The molecule has 1 unspecified atom stereocenters. The van der Waals surface area contributed by atoms with Gasteiger partial charge in [-0.15, -0.1) is 11.3 Å². The van der Waals surface area contributed by atoms with Crippen molar-refractivity contribution in [2.24, 2.45) is 0 Å². The molecule has 1 amide bonds. The predicted molar refractivity (Wildman–Crippen MR) is 97.4 cm³/mol. The van der Waals surface area contributed by atoms with Crippen molar-refractivity contribution in [2.45, 2.75) is 12.3 Å². The van der Waals surface area contributed by atoms with Crippen LogP contribution in [-0.4, -0.2) is 12.7 Å². The van der Waals surface area contributed by atoms with Crippen LogP contribution in [0.3, 0.4) is 0 Å². The maximum atomic E-state index is 12.4. The van der Waals surface area contributed by atoms with E-state index in [1.165, 1.54) is 4.88 Å². The van der Waals surface area contributed by atoms with Crippen LogP contribution in [0.5, 0.6) is 11.5 Å². The van der Waals surface area contributed by atoms with Crippen molar-refractivity contribution in [3.63, 3.8) is 0 Å². The van der Waals surface area contributed by atoms with Gasteiger partial charge in [0.2, 0.25) is 12.7 Å². The van der Waals surface area contributed by atoms with E-state index >= 15 is 0 Å². The van der Waals surface area contributed by atoms with Crippen molar-refractivity contribution >= 4 is 22.9 Å². The molecule has 5 rings (SSSR count). The van der Waals surface area contributed by atoms with E-state index in [4.69, 9.17) is 9.47 Å². The van der Waals surface area contributed by atoms with Gasteiger partial charge in [-0.2, -0.15) is 0 Å². The summed E-state index contributed by atoms with van der Waals surface area (Å²) in [7, 11) is 0. The largest absolute Gasteiger partial charge is 0.454 e. The van der Waals surface area contributed by atoms with Gasteiger partial charge in [0, 0.05) is 28.2 Å². The highest BCUT2D eigenvalue weighted by Gasteiger charge is 2.31. The van der Waals surface area contributed by atoms with Gasteiger partial charge in [0.15, 0.2) is 11.5 Å². The zero-order valence-corrected chi connectivity index (χ0v) is 14.1. The van der Waals surface area contributed by atoms with Gasteiger partial charge in [0.25, 0.3) is 0 Å². The predicted octanol–water partition coefficient (Wildman–Crippen LogP) is 4.62. The summed E-state index contributed by atoms with van der Waals surface area (Å²) in [6, 6.07) is 16.1. The number of hydrogen-bond donors (Lipinski definition) is 1. The Hall–Kier alpha value is -2.79. The monoisotopic (exact) mass is 349 g/mol. The van der Waals surface area contributed by atoms with Crippen molar-refractivity contribution < 1.29 is 14.3 Å². The van der Waals surface area contributed by atoms with Crippen LogP contribution in [0, 0.1) is 0 Å². The van der Waals surface area contributed by atoms with E-state index in [1.807, 2.05) is 36.4 Å². The highest BCUT2D eigenvalue weighted by Crippen LogP contribution is 2.47. The topological polar surface area (TPSA) is 47.6 Å². The summed E-state index contributed by atoms with van der Waals surface area (Å²) in [5, 5.41) is 5.21. The zero-order chi connectivity index (χ0) is 16.8. The fourth-order valence-electron chi connectivity index (χ4n) is 3.46. The smallest absolute Gasteiger partial charge is 0.231 e. The first-order valence-electron chi connectivity index (χ1n) is 8.16. The molecule has 1 N–H and O–H groups in total. The minimum atomic E-state index is 0.0423. The Kier molecular flexibility index (Phi) is 3.28. The molecule has 2 aliphatic heterocycles. The second kappa shape index (κ2) is 5.63. The molecule has 2 aliphatic rings. The first-order chi connectivity index (χ1) is 12.3. The minimum Gasteiger partial charge on any atom is -0.454 e. The molecule has 25 heavy (non-hydrogen) atoms. The molecule has 0 fully saturated rings. The number of ether oxygens (including phenoxy) is 2. The molecule has 0 bridgehead atoms. The molecule has 4 nitrogen and oxygen atoms in total. The van der Waals surface area contributed by atoms with Crippen molar-refractivity contribution in [2.75, 3.05) is 12.1 Å². The second-order valence-electron chi connectivity index (χ2n) is 6.17. The third-order valence-corrected chi connectivity index (χ3v) is 5.77. The lowest BCUT2D eigenvalue weighted by atomic mass is 9.89. The molecule has 0 saturated heterocycles. The van der Waals surface area contributed by atoms with Crippen LogP contribution >= 0.6 is 11.3 Å². The van der Waals surface area contributed by atoms with Crippen molar-refractivity contribution in [1.29, 1.82) is 0 Å². The van der Waals surface area contributed by atoms with Gasteiger partial charge in [0.1, 0.15) is 0 Å². The third kappa shape index (κ3) is 2.39. The van der Waals surface area contributed by atoms with E-state index in [2.05, 4.69) is 22.8 Å². The third-order valence-electron chi connectivity index (χ3n) is 4.67. The molecule has 3 aromatic rings. The summed E-state index contributed by atoms with van der Waals surface area (Å²) in [6.45, 7) is 0.256. The standard InChI is InChI=1S/C20H15NO3S/c22-18-9-14(13-6-7-16-17(8-13)24-11-23-16)20-19(21-18)15(10-25-20)12-4-2-1-3-5-12/h1-8,10,14H,9,11H2,(H,21,22). The van der Waals surface area contributed by atoms with E-state index in [0.717, 1.165) is 33.9 Å². The van der Waals surface area contributed by atoms with Crippen LogP contribution in [0.1, 0.15) is 22.8 Å². The van der Waals surface area contributed by atoms with E-state index in [1.54, 1.807) is 11.3 Å². The molecule has 0 radical (unpaired) electrons. The summed E-state index contributed by atoms with van der Waals surface area (Å²) in [5.74, 6) is 1.61. The van der Waals surface area contributed by atoms with Crippen LogP contribution < -0.4 is 14.8 Å². The van der Waals surface area contributed by atoms with Gasteiger partial charge in [-0.05, 0) is 23.3 Å². The van der Waals surface area contributed by atoms with E-state index < -0.39 is 0 Å². The lowest BCUT2D eigenvalue weighted by Crippen LogP contribution is -2.22. The highest BCUT2D eigenvalue weighted by molar-refractivity contribution is 7.11. The fourth-order valence-corrected chi connectivity index (χ4v) is 4.62. The van der Waals surface area contributed by atoms with E-state index in [-0.39, 0.29) is 18.6 Å². The molecule has 124 valence electrons. The second-order valence-corrected chi connectivity index (χ2v) is 7.08. The molecule has 2 aromatic carbocycles. The van der Waals surface area contributed by atoms with Gasteiger partial charge in [0.05, 0.1) is 5.69 Å². The normalized spacial score (nSPS) is 17.9. The van der Waals surface area contributed by atoms with E-state index in [0.29, 0.717) is 6.42 Å². The quantitative estimate of drug-likeness (QED) is 0.734. The Morgan fingerprint density at radius 2 is 1.88 bits per heavy atom. The number of nitrogens with one attached hydrogen (secondary N) is 1. The van der Waals surface area contributed by atoms with Gasteiger partial charge < -0.3 is 14.8 Å². The summed E-state index contributed by atoms with van der Waals surface area (Å²) in [6.07, 6.45) is 0.446. The summed E-state index contributed by atoms with van der Waals surface area (Å²) >= 11 is 1.70. The van der Waals surface area contributed by atoms with Crippen LogP contribution in [0.2, 0.25) is 0 Å². The average molecular weight is 349 g/mol. The Morgan fingerprint density at radius 1 is 1.04 bits per heavy atom. The Bertz CT molecular complexity index is 964. The van der Waals surface area contributed by atoms with Crippen LogP contribution in [0.4, 0.5) is 5.69 Å². The van der Waals surface area contributed by atoms with Crippen molar-refractivity contribution in [1.82, 2.24) is 0 Å². The molecular formula is C20H15NO3S. The zero-order valence-electron chi connectivity index (χ0n) is 13.3. The average Bonchev–Trinajstić information content (AvgIpc) is 3.27. The summed E-state index contributed by atoms with van der Waals surface area (Å²) in [5.41, 5.74) is 4.22. The first-order valence-corrected chi connectivity index (χ1v) is 9.04. The lowest BCUT2D eigenvalue weighted by Gasteiger charge is -2.24. The lowest BCUT2D eigenvalue weighted by molar-refractivity contribution is -0.116. The summed E-state index contributed by atoms with van der Waals surface area (Å²) < 4.78 is 10.9. The van der Waals surface area contributed by atoms with Gasteiger partial charge in [-0.3, -0.25) is 4.79 Å². The maximum Gasteiger partial charge on any atom is 0.231 e. The number of carbonyl (C=O) groups is 1. The van der Waals surface area contributed by atoms with Crippen molar-refractivity contribution in [3.05, 3.63) is 64.4 Å². The van der Waals surface area contributed by atoms with Gasteiger partial charge >= 0.3 is 0 Å². The van der Waals surface area contributed by atoms with E-state index in [9.17, 15) is 4.79 Å². The van der Waals surface area contributed by atoms with Crippen LogP contribution in [0.15, 0.2) is 53.9 Å². The number of thiophene rings is 1. The number of amides is 1. The van der Waals surface area contributed by atoms with Gasteiger partial charge in [-0.25, -0.2) is 0 Å². The number of fused-ring (bicyclic) bond motifs is 2. The molecule has 5 heteroatoms. The molecule has 3 heterocycles. The Balaban J connectivity index is 1.60. The Morgan fingerprint density at radius 3 is 2.76 bits per heavy atom. The number of carbonyl (C=O) groups excluding carboxylic acids is 1. The maximum absolute atomic E-state index is 12.4.